The third-order valence-electron chi connectivity index (χ3n) is 7.60. The van der Waals surface area contributed by atoms with Gasteiger partial charge < -0.3 is 10.2 Å². The van der Waals surface area contributed by atoms with Gasteiger partial charge in [0.25, 0.3) is 0 Å². The minimum absolute atomic E-state index is 0.110. The average Bonchev–Trinajstić information content (AvgIpc) is 3.16. The second-order valence-electron chi connectivity index (χ2n) is 9.90. The second kappa shape index (κ2) is 7.35. The molecule has 4 fully saturated rings. The highest BCUT2D eigenvalue weighted by atomic mass is 16.2. The van der Waals surface area contributed by atoms with Gasteiger partial charge in [0.05, 0.1) is 29.0 Å². The second-order valence-corrected chi connectivity index (χ2v) is 9.90. The molecule has 0 aromatic carbocycles. The normalized spacial score (nSPS) is 26.4. The van der Waals surface area contributed by atoms with Gasteiger partial charge in [0.1, 0.15) is 6.17 Å². The van der Waals surface area contributed by atoms with Crippen LogP contribution in [0.1, 0.15) is 31.1 Å². The summed E-state index contributed by atoms with van der Waals surface area (Å²) in [7, 11) is 4.06. The van der Waals surface area contributed by atoms with Crippen LogP contribution in [0.5, 0.6) is 0 Å². The van der Waals surface area contributed by atoms with Crippen molar-refractivity contribution in [3.8, 4) is 11.1 Å². The molecule has 7 rings (SSSR count). The molecule has 1 N–H and O–H groups in total. The highest BCUT2D eigenvalue weighted by Crippen LogP contribution is 2.64. The van der Waals surface area contributed by atoms with Crippen molar-refractivity contribution in [3.63, 3.8) is 0 Å². The lowest BCUT2D eigenvalue weighted by Gasteiger charge is -2.60. The summed E-state index contributed by atoms with van der Waals surface area (Å²) in [6, 6.07) is 4.22. The zero-order chi connectivity index (χ0) is 21.9. The maximum atomic E-state index is 13.2. The summed E-state index contributed by atoms with van der Waals surface area (Å²) in [5.41, 5.74) is 3.68. The number of pyridine rings is 2. The first-order valence-corrected chi connectivity index (χ1v) is 11.5. The van der Waals surface area contributed by atoms with E-state index in [1.807, 2.05) is 31.8 Å². The maximum absolute atomic E-state index is 13.2. The van der Waals surface area contributed by atoms with Gasteiger partial charge in [0.2, 0.25) is 5.91 Å². The first-order chi connectivity index (χ1) is 15.5. The zero-order valence-corrected chi connectivity index (χ0v) is 18.7. The highest BCUT2D eigenvalue weighted by Gasteiger charge is 2.61. The number of amides is 1. The molecule has 166 valence electrons. The number of carbonyl (C=O) groups is 1. The van der Waals surface area contributed by atoms with Crippen molar-refractivity contribution in [2.75, 3.05) is 33.2 Å². The first-order valence-electron chi connectivity index (χ1n) is 11.5. The van der Waals surface area contributed by atoms with Gasteiger partial charge in [-0.15, -0.1) is 0 Å². The summed E-state index contributed by atoms with van der Waals surface area (Å²) in [5.74, 6) is 0.978. The van der Waals surface area contributed by atoms with Gasteiger partial charge in [-0.25, -0.2) is 0 Å². The maximum Gasteiger partial charge on any atom is 0.227 e. The van der Waals surface area contributed by atoms with E-state index in [0.717, 1.165) is 79.1 Å². The minimum atomic E-state index is -0.211. The first kappa shape index (κ1) is 19.8. The Morgan fingerprint density at radius 3 is 2.47 bits per heavy atom. The quantitative estimate of drug-likeness (QED) is 0.667. The molecule has 8 nitrogen and oxygen atoms in total. The molecule has 3 aromatic heterocycles. The summed E-state index contributed by atoms with van der Waals surface area (Å²) >= 11 is 0. The van der Waals surface area contributed by atoms with E-state index in [1.54, 1.807) is 4.68 Å². The molecule has 4 heterocycles. The number of hydrogen-bond donors (Lipinski definition) is 1. The number of piperazine rings is 1. The van der Waals surface area contributed by atoms with E-state index in [1.165, 1.54) is 0 Å². The van der Waals surface area contributed by atoms with Crippen molar-refractivity contribution in [2.24, 2.45) is 18.4 Å². The van der Waals surface area contributed by atoms with E-state index < -0.39 is 0 Å². The van der Waals surface area contributed by atoms with Gasteiger partial charge in [-0.05, 0) is 44.4 Å². The van der Waals surface area contributed by atoms with Crippen molar-refractivity contribution in [1.82, 2.24) is 34.9 Å². The Morgan fingerprint density at radius 1 is 1.03 bits per heavy atom. The summed E-state index contributed by atoms with van der Waals surface area (Å²) in [5, 5.41) is 8.69. The molecule has 0 spiro atoms. The molecule has 3 aliphatic carbocycles. The van der Waals surface area contributed by atoms with Crippen molar-refractivity contribution in [3.05, 3.63) is 42.6 Å². The van der Waals surface area contributed by atoms with Crippen LogP contribution >= 0.6 is 0 Å². The van der Waals surface area contributed by atoms with E-state index >= 15 is 0 Å². The van der Waals surface area contributed by atoms with Crippen LogP contribution in [0.15, 0.2) is 36.9 Å². The Morgan fingerprint density at radius 2 is 1.81 bits per heavy atom. The topological polar surface area (TPSA) is 79.2 Å². The monoisotopic (exact) mass is 431 g/mol. The fraction of sp³-hybridized carbons (Fsp3) is 0.500. The number of hydrogen-bond acceptors (Lipinski definition) is 6. The average molecular weight is 432 g/mol. The fourth-order valence-electron chi connectivity index (χ4n) is 5.39. The number of rotatable bonds is 5. The van der Waals surface area contributed by atoms with Crippen LogP contribution in [0.25, 0.3) is 22.0 Å². The van der Waals surface area contributed by atoms with E-state index in [4.69, 9.17) is 4.98 Å². The van der Waals surface area contributed by atoms with Crippen LogP contribution in [0.4, 0.5) is 0 Å². The number of fused-ring (bicyclic) bond motifs is 1. The predicted octanol–water partition coefficient (Wildman–Crippen LogP) is 2.19. The Kier molecular flexibility index (Phi) is 4.55. The van der Waals surface area contributed by atoms with E-state index in [2.05, 4.69) is 44.4 Å². The molecule has 3 saturated carbocycles. The molecule has 32 heavy (non-hydrogen) atoms. The molecule has 1 saturated heterocycles. The predicted molar refractivity (Wildman–Crippen MR) is 121 cm³/mol. The molecule has 2 bridgehead atoms. The van der Waals surface area contributed by atoms with Gasteiger partial charge >= 0.3 is 0 Å². The largest absolute Gasteiger partial charge is 0.335 e. The molecule has 0 radical (unpaired) electrons. The van der Waals surface area contributed by atoms with Crippen LogP contribution in [-0.2, 0) is 11.8 Å². The summed E-state index contributed by atoms with van der Waals surface area (Å²) in [4.78, 5) is 27.2. The van der Waals surface area contributed by atoms with Crippen molar-refractivity contribution in [2.45, 2.75) is 25.4 Å². The van der Waals surface area contributed by atoms with Crippen molar-refractivity contribution < 1.29 is 4.79 Å². The zero-order valence-electron chi connectivity index (χ0n) is 18.7. The van der Waals surface area contributed by atoms with E-state index in [-0.39, 0.29) is 17.5 Å². The number of aromatic nitrogens is 4. The molecule has 1 unspecified atom stereocenters. The van der Waals surface area contributed by atoms with Crippen LogP contribution in [-0.4, -0.2) is 68.7 Å². The van der Waals surface area contributed by atoms with Gasteiger partial charge in [0, 0.05) is 62.1 Å². The van der Waals surface area contributed by atoms with E-state index in [9.17, 15) is 4.79 Å². The van der Waals surface area contributed by atoms with Gasteiger partial charge in [-0.2, -0.15) is 5.10 Å². The van der Waals surface area contributed by atoms with Crippen LogP contribution in [0.3, 0.4) is 0 Å². The molecular weight excluding hydrogens is 402 g/mol. The Labute approximate surface area is 187 Å². The number of aryl methyl sites for hydroxylation is 1. The SMILES string of the molecule is CN1CCN(C(NC(=O)C23CC(C2)C3)c2cc3cc(-c4cnn(C)c4)cnc3cn2)CC1. The van der Waals surface area contributed by atoms with Crippen molar-refractivity contribution >= 4 is 16.8 Å². The third-order valence-corrected chi connectivity index (χ3v) is 7.60. The number of carbonyl (C=O) groups excluding carboxylic acids is 1. The molecule has 1 atom stereocenters. The lowest BCUT2D eigenvalue weighted by molar-refractivity contribution is -0.167. The van der Waals surface area contributed by atoms with Gasteiger partial charge in [-0.1, -0.05) is 0 Å². The van der Waals surface area contributed by atoms with Gasteiger partial charge in [-0.3, -0.25) is 24.3 Å². The Bertz CT molecular complexity index is 1160. The Hall–Kier alpha value is -2.84. The summed E-state index contributed by atoms with van der Waals surface area (Å²) in [6.45, 7) is 3.79. The molecule has 1 aliphatic heterocycles. The lowest BCUT2D eigenvalue weighted by Crippen LogP contribution is -2.62. The molecular formula is C24H29N7O. The van der Waals surface area contributed by atoms with Crippen molar-refractivity contribution in [1.29, 1.82) is 0 Å². The van der Waals surface area contributed by atoms with Crippen LogP contribution in [0, 0.1) is 11.3 Å². The lowest BCUT2D eigenvalue weighted by atomic mass is 9.44. The number of nitrogens with one attached hydrogen (secondary N) is 1. The van der Waals surface area contributed by atoms with Gasteiger partial charge in [0.15, 0.2) is 0 Å². The molecule has 4 aliphatic rings. The van der Waals surface area contributed by atoms with Crippen LogP contribution in [0.2, 0.25) is 0 Å². The fourth-order valence-corrected chi connectivity index (χ4v) is 5.39. The molecule has 1 amide bonds. The third kappa shape index (κ3) is 3.29. The summed E-state index contributed by atoms with van der Waals surface area (Å²) in [6.07, 6.45) is 10.5. The van der Waals surface area contributed by atoms with E-state index in [0.29, 0.717) is 0 Å². The molecule has 3 aromatic rings. The summed E-state index contributed by atoms with van der Waals surface area (Å²) < 4.78 is 1.79. The van der Waals surface area contributed by atoms with Crippen LogP contribution < -0.4 is 5.32 Å². The standard InChI is InChI=1S/C24H29N7O/c1-29-3-5-31(6-4-29)22(28-23(32)24-9-16(10-24)11-24)20-8-17-7-18(12-25-21(17)14-26-20)19-13-27-30(2)15-19/h7-8,12-16,22H,3-6,9-11H2,1-2H3,(H,28,32). The Balaban J connectivity index is 1.33. The smallest absolute Gasteiger partial charge is 0.227 e. The molecule has 8 heteroatoms. The number of likely N-dealkylation sites (N-methyl/N-ethyl adjacent to an activating group) is 1. The highest BCUT2D eigenvalue weighted by molar-refractivity contribution is 5.86. The minimum Gasteiger partial charge on any atom is -0.335 e. The number of nitrogens with zero attached hydrogens (tertiary/aromatic N) is 6.